The van der Waals surface area contributed by atoms with Gasteiger partial charge in [-0.3, -0.25) is 15.6 Å². The molecule has 0 aromatic heterocycles. The second-order valence-electron chi connectivity index (χ2n) is 3.14. The topological polar surface area (TPSA) is 53.2 Å². The Morgan fingerprint density at radius 1 is 1.50 bits per heavy atom. The molecule has 1 aromatic carbocycles. The molecule has 0 aliphatic rings. The second-order valence-corrected chi connectivity index (χ2v) is 3.95. The number of carbonyl (C=O) groups is 1. The summed E-state index contributed by atoms with van der Waals surface area (Å²) < 4.78 is 13.1. The smallest absolute Gasteiger partial charge is 0.250 e. The number of carbonyl (C=O) groups excluding carboxylic acids is 1. The Labute approximate surface area is 114 Å². The number of terminal acetylenes is 1. The fraction of sp³-hybridized carbons (Fsp3) is 0.0909. The zero-order chi connectivity index (χ0) is 13.5. The standard InChI is InChI=1S/C11H9ClFN3OS/c1-2-3-10(17)15-16-11(18)14-7-4-5-8(12)9(13)6-7/h1,4-6H,3H2,(H,15,17)(H2,14,16,18). The van der Waals surface area contributed by atoms with Crippen LogP contribution < -0.4 is 16.2 Å². The summed E-state index contributed by atoms with van der Waals surface area (Å²) in [6, 6.07) is 4.11. The average molecular weight is 286 g/mol. The second kappa shape index (κ2) is 6.79. The predicted molar refractivity (Wildman–Crippen MR) is 72.4 cm³/mol. The number of nitrogens with one attached hydrogen (secondary N) is 3. The fourth-order valence-corrected chi connectivity index (χ4v) is 1.29. The molecule has 1 rings (SSSR count). The number of thiocarbonyl (C=S) groups is 1. The molecule has 0 heterocycles. The molecule has 0 unspecified atom stereocenters. The van der Waals surface area contributed by atoms with Crippen molar-refractivity contribution >= 4 is 40.5 Å². The van der Waals surface area contributed by atoms with E-state index in [9.17, 15) is 9.18 Å². The first-order valence-corrected chi connectivity index (χ1v) is 5.56. The maximum atomic E-state index is 13.1. The molecule has 18 heavy (non-hydrogen) atoms. The lowest BCUT2D eigenvalue weighted by atomic mass is 10.3. The minimum Gasteiger partial charge on any atom is -0.331 e. The summed E-state index contributed by atoms with van der Waals surface area (Å²) in [4.78, 5) is 11.0. The van der Waals surface area contributed by atoms with Gasteiger partial charge in [0.2, 0.25) is 5.91 Å². The van der Waals surface area contributed by atoms with Gasteiger partial charge in [-0.1, -0.05) is 17.5 Å². The van der Waals surface area contributed by atoms with Crippen LogP contribution >= 0.6 is 23.8 Å². The van der Waals surface area contributed by atoms with E-state index >= 15 is 0 Å². The molecule has 3 N–H and O–H groups in total. The van der Waals surface area contributed by atoms with Crippen LogP contribution in [0.1, 0.15) is 6.42 Å². The Morgan fingerprint density at radius 2 is 2.22 bits per heavy atom. The third-order valence-corrected chi connectivity index (χ3v) is 2.27. The van der Waals surface area contributed by atoms with Gasteiger partial charge in [0.25, 0.3) is 0 Å². The molecule has 0 bridgehead atoms. The van der Waals surface area contributed by atoms with Gasteiger partial charge < -0.3 is 5.32 Å². The maximum absolute atomic E-state index is 13.1. The third kappa shape index (κ3) is 4.57. The van der Waals surface area contributed by atoms with E-state index in [0.29, 0.717) is 5.69 Å². The van der Waals surface area contributed by atoms with Gasteiger partial charge in [-0.25, -0.2) is 4.39 Å². The molecule has 1 aromatic rings. The van der Waals surface area contributed by atoms with Crippen LogP contribution in [-0.2, 0) is 4.79 Å². The largest absolute Gasteiger partial charge is 0.331 e. The lowest BCUT2D eigenvalue weighted by Gasteiger charge is -2.11. The quantitative estimate of drug-likeness (QED) is 0.441. The average Bonchev–Trinajstić information content (AvgIpc) is 2.32. The first-order chi connectivity index (χ1) is 8.52. The van der Waals surface area contributed by atoms with Gasteiger partial charge in [-0.2, -0.15) is 0 Å². The Balaban J connectivity index is 2.47. The van der Waals surface area contributed by atoms with E-state index in [-0.39, 0.29) is 16.6 Å². The highest BCUT2D eigenvalue weighted by Crippen LogP contribution is 2.18. The summed E-state index contributed by atoms with van der Waals surface area (Å²) >= 11 is 10.4. The molecule has 0 saturated carbocycles. The molecule has 0 radical (unpaired) electrons. The molecule has 0 spiro atoms. The minimum absolute atomic E-state index is 0.0155. The van der Waals surface area contributed by atoms with Crippen molar-refractivity contribution in [1.82, 2.24) is 10.9 Å². The Morgan fingerprint density at radius 3 is 2.83 bits per heavy atom. The molecular weight excluding hydrogens is 277 g/mol. The van der Waals surface area contributed by atoms with Gasteiger partial charge in [0.15, 0.2) is 5.11 Å². The zero-order valence-corrected chi connectivity index (χ0v) is 10.7. The van der Waals surface area contributed by atoms with Crippen LogP contribution in [0.5, 0.6) is 0 Å². The lowest BCUT2D eigenvalue weighted by molar-refractivity contribution is -0.120. The summed E-state index contributed by atoms with van der Waals surface area (Å²) in [5.41, 5.74) is 5.10. The Bertz CT molecular complexity index is 516. The van der Waals surface area contributed by atoms with Crippen molar-refractivity contribution < 1.29 is 9.18 Å². The van der Waals surface area contributed by atoms with Crippen LogP contribution in [0.3, 0.4) is 0 Å². The van der Waals surface area contributed by atoms with E-state index in [1.54, 1.807) is 6.07 Å². The van der Waals surface area contributed by atoms with Crippen LogP contribution in [0.4, 0.5) is 10.1 Å². The number of halogens is 2. The number of rotatable bonds is 2. The van der Waals surface area contributed by atoms with Crippen molar-refractivity contribution in [2.45, 2.75) is 6.42 Å². The normalized spacial score (nSPS) is 9.17. The number of hydrogen-bond donors (Lipinski definition) is 3. The van der Waals surface area contributed by atoms with E-state index in [2.05, 4.69) is 22.1 Å². The number of amides is 1. The van der Waals surface area contributed by atoms with Gasteiger partial charge in [0.05, 0.1) is 11.4 Å². The monoisotopic (exact) mass is 285 g/mol. The highest BCUT2D eigenvalue weighted by atomic mass is 35.5. The number of benzene rings is 1. The number of hydrazine groups is 1. The van der Waals surface area contributed by atoms with E-state index in [1.807, 2.05) is 0 Å². The van der Waals surface area contributed by atoms with Crippen molar-refractivity contribution in [2.24, 2.45) is 0 Å². The molecule has 0 fully saturated rings. The Kier molecular flexibility index (Phi) is 5.36. The van der Waals surface area contributed by atoms with E-state index in [4.69, 9.17) is 30.2 Å². The zero-order valence-electron chi connectivity index (χ0n) is 9.09. The fourth-order valence-electron chi connectivity index (χ4n) is 1.000. The summed E-state index contributed by atoms with van der Waals surface area (Å²) in [6.07, 6.45) is 4.88. The van der Waals surface area contributed by atoms with Gasteiger partial charge in [-0.15, -0.1) is 6.42 Å². The number of hydrogen-bond acceptors (Lipinski definition) is 2. The first-order valence-electron chi connectivity index (χ1n) is 4.77. The van der Waals surface area contributed by atoms with Crippen molar-refractivity contribution in [3.8, 4) is 12.3 Å². The molecule has 0 saturated heterocycles. The van der Waals surface area contributed by atoms with E-state index in [1.165, 1.54) is 12.1 Å². The first kappa shape index (κ1) is 14.2. The summed E-state index contributed by atoms with van der Waals surface area (Å²) in [6.45, 7) is 0. The molecular formula is C11H9ClFN3OS. The predicted octanol–water partition coefficient (Wildman–Crippen LogP) is 1.82. The van der Waals surface area contributed by atoms with Crippen molar-refractivity contribution in [2.75, 3.05) is 5.32 Å². The molecule has 1 amide bonds. The molecule has 0 atom stereocenters. The van der Waals surface area contributed by atoms with Crippen molar-refractivity contribution in [3.05, 3.63) is 29.0 Å². The van der Waals surface area contributed by atoms with Crippen LogP contribution in [0.2, 0.25) is 5.02 Å². The SMILES string of the molecule is C#CCC(=O)NNC(=S)Nc1ccc(Cl)c(F)c1. The van der Waals surface area contributed by atoms with E-state index < -0.39 is 11.7 Å². The highest BCUT2D eigenvalue weighted by molar-refractivity contribution is 7.80. The lowest BCUT2D eigenvalue weighted by Crippen LogP contribution is -2.43. The van der Waals surface area contributed by atoms with Crippen LogP contribution in [-0.4, -0.2) is 11.0 Å². The van der Waals surface area contributed by atoms with Crippen LogP contribution in [0.25, 0.3) is 0 Å². The van der Waals surface area contributed by atoms with Gasteiger partial charge in [0.1, 0.15) is 5.82 Å². The van der Waals surface area contributed by atoms with Crippen LogP contribution in [0.15, 0.2) is 18.2 Å². The third-order valence-electron chi connectivity index (χ3n) is 1.76. The van der Waals surface area contributed by atoms with Gasteiger partial charge in [0, 0.05) is 5.69 Å². The van der Waals surface area contributed by atoms with Crippen molar-refractivity contribution in [1.29, 1.82) is 0 Å². The number of anilines is 1. The summed E-state index contributed by atoms with van der Waals surface area (Å²) in [5, 5.41) is 2.78. The van der Waals surface area contributed by atoms with Gasteiger partial charge in [-0.05, 0) is 30.4 Å². The van der Waals surface area contributed by atoms with Crippen molar-refractivity contribution in [3.63, 3.8) is 0 Å². The van der Waals surface area contributed by atoms with Crippen LogP contribution in [0, 0.1) is 18.2 Å². The molecule has 0 aliphatic heterocycles. The molecule has 0 aliphatic carbocycles. The molecule has 4 nitrogen and oxygen atoms in total. The Hall–Kier alpha value is -1.84. The molecule has 7 heteroatoms. The van der Waals surface area contributed by atoms with Gasteiger partial charge >= 0.3 is 0 Å². The highest BCUT2D eigenvalue weighted by Gasteiger charge is 2.03. The maximum Gasteiger partial charge on any atom is 0.250 e. The minimum atomic E-state index is -0.569. The summed E-state index contributed by atoms with van der Waals surface area (Å²) in [5.74, 6) is 1.21. The van der Waals surface area contributed by atoms with E-state index in [0.717, 1.165) is 0 Å². The molecule has 94 valence electrons. The summed E-state index contributed by atoms with van der Waals surface area (Å²) in [7, 11) is 0.